The van der Waals surface area contributed by atoms with Crippen LogP contribution >= 0.6 is 0 Å². The highest BCUT2D eigenvalue weighted by atomic mass is 16.3. The minimum atomic E-state index is 0.899. The van der Waals surface area contributed by atoms with Crippen LogP contribution in [0.15, 0.2) is 215 Å². The van der Waals surface area contributed by atoms with Crippen LogP contribution in [0.3, 0.4) is 0 Å². The summed E-state index contributed by atoms with van der Waals surface area (Å²) in [5.41, 5.74) is 13.2. The molecule has 278 valence electrons. The lowest BCUT2D eigenvalue weighted by atomic mass is 9.83. The fourth-order valence-electron chi connectivity index (χ4n) is 10.1. The van der Waals surface area contributed by atoms with Crippen LogP contribution in [0.1, 0.15) is 0 Å². The van der Waals surface area contributed by atoms with Crippen molar-refractivity contribution in [3.63, 3.8) is 0 Å². The summed E-state index contributed by atoms with van der Waals surface area (Å²) in [7, 11) is 0. The number of hydrogen-bond acceptors (Lipinski definition) is 2. The first-order valence-electron chi connectivity index (χ1n) is 20.6. The van der Waals surface area contributed by atoms with Gasteiger partial charge in [0, 0.05) is 32.3 Å². The Bertz CT molecular complexity index is 3670. The molecule has 0 aliphatic rings. The van der Waals surface area contributed by atoms with Crippen LogP contribution in [0.25, 0.3) is 131 Å². The number of benzene rings is 11. The second-order valence-electron chi connectivity index (χ2n) is 15.8. The maximum absolute atomic E-state index is 6.47. The van der Waals surface area contributed by atoms with Gasteiger partial charge in [0.2, 0.25) is 0 Å². The molecule has 2 heteroatoms. The molecule has 11 aromatic carbocycles. The molecule has 60 heavy (non-hydrogen) atoms. The molecule has 0 radical (unpaired) electrons. The van der Waals surface area contributed by atoms with E-state index in [2.05, 4.69) is 194 Å². The summed E-state index contributed by atoms with van der Waals surface area (Å²) in [6.07, 6.45) is 0. The van der Waals surface area contributed by atoms with E-state index in [-0.39, 0.29) is 0 Å². The van der Waals surface area contributed by atoms with Crippen molar-refractivity contribution in [3.8, 4) is 44.5 Å². The second kappa shape index (κ2) is 12.8. The molecule has 0 aliphatic carbocycles. The molecule has 0 unspecified atom stereocenters. The summed E-state index contributed by atoms with van der Waals surface area (Å²) >= 11 is 0. The van der Waals surface area contributed by atoms with Gasteiger partial charge in [0.15, 0.2) is 0 Å². The van der Waals surface area contributed by atoms with E-state index in [0.717, 1.165) is 43.9 Å². The zero-order valence-corrected chi connectivity index (χ0v) is 32.4. The van der Waals surface area contributed by atoms with E-state index in [1.807, 2.05) is 12.1 Å². The first kappa shape index (κ1) is 33.1. The van der Waals surface area contributed by atoms with E-state index in [9.17, 15) is 0 Å². The largest absolute Gasteiger partial charge is 0.456 e. The van der Waals surface area contributed by atoms with E-state index < -0.39 is 0 Å². The van der Waals surface area contributed by atoms with Crippen molar-refractivity contribution in [2.24, 2.45) is 0 Å². The van der Waals surface area contributed by atoms with Gasteiger partial charge in [0.25, 0.3) is 0 Å². The smallest absolute Gasteiger partial charge is 0.136 e. The topological polar surface area (TPSA) is 26.3 Å². The van der Waals surface area contributed by atoms with Gasteiger partial charge in [-0.3, -0.25) is 0 Å². The molecular weight excluding hydrogens is 729 g/mol. The number of fused-ring (bicyclic) bond motifs is 12. The predicted molar refractivity (Wildman–Crippen MR) is 253 cm³/mol. The highest BCUT2D eigenvalue weighted by Crippen LogP contribution is 2.49. The first-order valence-corrected chi connectivity index (χ1v) is 20.6. The highest BCUT2D eigenvalue weighted by Gasteiger charge is 2.22. The summed E-state index contributed by atoms with van der Waals surface area (Å²) in [6, 6.07) is 74.7. The Balaban J connectivity index is 1.20. The average Bonchev–Trinajstić information content (AvgIpc) is 3.89. The van der Waals surface area contributed by atoms with Crippen LogP contribution in [0.4, 0.5) is 0 Å². The molecule has 2 nitrogen and oxygen atoms in total. The Morgan fingerprint density at radius 2 is 0.667 bits per heavy atom. The quantitative estimate of drug-likeness (QED) is 0.167. The third-order valence-electron chi connectivity index (χ3n) is 12.7. The van der Waals surface area contributed by atoms with E-state index in [1.165, 1.54) is 87.6 Å². The summed E-state index contributed by atoms with van der Waals surface area (Å²) in [4.78, 5) is 0. The Morgan fingerprint density at radius 3 is 1.23 bits per heavy atom. The molecule has 0 N–H and O–H groups in total. The lowest BCUT2D eigenvalue weighted by molar-refractivity contribution is 0.669. The van der Waals surface area contributed by atoms with Gasteiger partial charge < -0.3 is 8.83 Å². The van der Waals surface area contributed by atoms with Gasteiger partial charge in [-0.15, -0.1) is 0 Å². The third-order valence-corrected chi connectivity index (χ3v) is 12.7. The molecule has 0 saturated carbocycles. The predicted octanol–water partition coefficient (Wildman–Crippen LogP) is 16.8. The molecule has 13 rings (SSSR count). The van der Waals surface area contributed by atoms with Gasteiger partial charge in [-0.25, -0.2) is 0 Å². The first-order chi connectivity index (χ1) is 29.8. The van der Waals surface area contributed by atoms with Crippen molar-refractivity contribution < 1.29 is 8.83 Å². The van der Waals surface area contributed by atoms with Crippen LogP contribution in [-0.4, -0.2) is 0 Å². The van der Waals surface area contributed by atoms with E-state index in [1.54, 1.807) is 0 Å². The SMILES string of the molecule is c1ccc(-c2ccccc2-c2c3cccc(-c4cccc5ccc6oc7ccccc7c6c45)c3cc3c(-c4cccc5ccc6oc7ccccc7c6c45)cccc23)cc1. The Labute approximate surface area is 345 Å². The summed E-state index contributed by atoms with van der Waals surface area (Å²) < 4.78 is 12.9. The summed E-state index contributed by atoms with van der Waals surface area (Å²) in [5, 5.41) is 14.2. The van der Waals surface area contributed by atoms with Gasteiger partial charge in [-0.05, 0) is 107 Å². The zero-order chi connectivity index (χ0) is 39.3. The minimum Gasteiger partial charge on any atom is -0.456 e. The van der Waals surface area contributed by atoms with Crippen LogP contribution in [-0.2, 0) is 0 Å². The summed E-state index contributed by atoms with van der Waals surface area (Å²) in [5.74, 6) is 0. The lowest BCUT2D eigenvalue weighted by Crippen LogP contribution is -1.93. The standard InChI is InChI=1S/C58H34O2/c1-2-14-35(15-3-1)38-18-4-5-19-41(38)56-44-26-12-22-39(42-24-10-16-36-30-32-52-57(54(36)42)46-20-6-8-28-50(46)59-52)48(44)34-49-40(23-13-27-45(49)56)43-25-11-17-37-31-33-53-58(55(37)43)47-21-7-9-29-51(47)60-53/h1-34H. The van der Waals surface area contributed by atoms with Crippen LogP contribution < -0.4 is 0 Å². The number of furan rings is 2. The maximum Gasteiger partial charge on any atom is 0.136 e. The Kier molecular flexibility index (Phi) is 7.05. The molecule has 0 spiro atoms. The zero-order valence-electron chi connectivity index (χ0n) is 32.4. The van der Waals surface area contributed by atoms with Gasteiger partial charge in [0.05, 0.1) is 0 Å². The second-order valence-corrected chi connectivity index (χ2v) is 15.8. The monoisotopic (exact) mass is 762 g/mol. The molecule has 0 atom stereocenters. The molecule has 0 saturated heterocycles. The molecule has 0 bridgehead atoms. The van der Waals surface area contributed by atoms with Crippen molar-refractivity contribution in [2.75, 3.05) is 0 Å². The highest BCUT2D eigenvalue weighted by molar-refractivity contribution is 6.28. The normalized spacial score (nSPS) is 12.0. The molecule has 0 aliphatic heterocycles. The van der Waals surface area contributed by atoms with Crippen LogP contribution in [0.5, 0.6) is 0 Å². The van der Waals surface area contributed by atoms with Gasteiger partial charge in [-0.1, -0.05) is 176 Å². The molecular formula is C58H34O2. The fraction of sp³-hybridized carbons (Fsp3) is 0. The van der Waals surface area contributed by atoms with Crippen molar-refractivity contribution in [3.05, 3.63) is 206 Å². The van der Waals surface area contributed by atoms with Gasteiger partial charge in [-0.2, -0.15) is 0 Å². The van der Waals surface area contributed by atoms with Crippen molar-refractivity contribution >= 4 is 87.0 Å². The molecule has 0 amide bonds. The molecule has 2 aromatic heterocycles. The van der Waals surface area contributed by atoms with E-state index in [0.29, 0.717) is 0 Å². The fourth-order valence-corrected chi connectivity index (χ4v) is 10.1. The van der Waals surface area contributed by atoms with Crippen molar-refractivity contribution in [2.45, 2.75) is 0 Å². The van der Waals surface area contributed by atoms with Crippen LogP contribution in [0.2, 0.25) is 0 Å². The minimum absolute atomic E-state index is 0.899. The molecule has 2 heterocycles. The van der Waals surface area contributed by atoms with E-state index in [4.69, 9.17) is 8.83 Å². The third kappa shape index (κ3) is 4.76. The maximum atomic E-state index is 6.47. The number of hydrogen-bond donors (Lipinski definition) is 0. The number of para-hydroxylation sites is 2. The van der Waals surface area contributed by atoms with Gasteiger partial charge >= 0.3 is 0 Å². The van der Waals surface area contributed by atoms with Crippen molar-refractivity contribution in [1.82, 2.24) is 0 Å². The van der Waals surface area contributed by atoms with Crippen LogP contribution in [0, 0.1) is 0 Å². The Hall–Kier alpha value is -7.94. The van der Waals surface area contributed by atoms with E-state index >= 15 is 0 Å². The van der Waals surface area contributed by atoms with Crippen molar-refractivity contribution in [1.29, 1.82) is 0 Å². The lowest BCUT2D eigenvalue weighted by Gasteiger charge is -2.20. The molecule has 0 fully saturated rings. The number of rotatable bonds is 4. The average molecular weight is 763 g/mol. The summed E-state index contributed by atoms with van der Waals surface area (Å²) in [6.45, 7) is 0. The van der Waals surface area contributed by atoms with Gasteiger partial charge in [0.1, 0.15) is 22.3 Å². The Morgan fingerprint density at radius 1 is 0.233 bits per heavy atom. The molecule has 13 aromatic rings.